The zero-order valence-corrected chi connectivity index (χ0v) is 7.19. The van der Waals surface area contributed by atoms with Crippen molar-refractivity contribution in [3.63, 3.8) is 0 Å². The molecule has 1 amide bonds. The van der Waals surface area contributed by atoms with Crippen LogP contribution in [-0.2, 0) is 9.59 Å². The Bertz CT molecular complexity index is 353. The van der Waals surface area contributed by atoms with Crippen LogP contribution in [0.1, 0.15) is 10.5 Å². The molecule has 0 aliphatic heterocycles. The van der Waals surface area contributed by atoms with Crippen molar-refractivity contribution in [2.24, 2.45) is 5.73 Å². The molecule has 0 aliphatic rings. The summed E-state index contributed by atoms with van der Waals surface area (Å²) in [4.78, 5) is 28.5. The van der Waals surface area contributed by atoms with Crippen molar-refractivity contribution in [2.75, 3.05) is 0 Å². The molecule has 0 spiro atoms. The van der Waals surface area contributed by atoms with Gasteiger partial charge in [-0.1, -0.05) is 0 Å². The first kappa shape index (κ1) is 12.4. The number of hydrogen-bond donors (Lipinski definition) is 3. The van der Waals surface area contributed by atoms with E-state index in [4.69, 9.17) is 25.5 Å². The van der Waals surface area contributed by atoms with Crippen molar-refractivity contribution < 1.29 is 24.6 Å². The zero-order valence-electron chi connectivity index (χ0n) is 7.19. The number of primary amides is 1. The number of nitrogens with zero attached hydrogens (tertiary/aromatic N) is 3. The first-order valence-corrected chi connectivity index (χ1v) is 3.35. The molecule has 0 saturated heterocycles. The van der Waals surface area contributed by atoms with Gasteiger partial charge in [0.15, 0.2) is 5.69 Å². The van der Waals surface area contributed by atoms with Gasteiger partial charge in [0.25, 0.3) is 5.91 Å². The van der Waals surface area contributed by atoms with Crippen molar-refractivity contribution in [3.8, 4) is 0 Å². The summed E-state index contributed by atoms with van der Waals surface area (Å²) in [6.45, 7) is 0. The van der Waals surface area contributed by atoms with E-state index in [2.05, 4.69) is 15.4 Å². The quantitative estimate of drug-likeness (QED) is 0.458. The Morgan fingerprint density at radius 3 is 1.93 bits per heavy atom. The largest absolute Gasteiger partial charge is 0.473 e. The van der Waals surface area contributed by atoms with Crippen LogP contribution in [-0.4, -0.2) is 43.5 Å². The molecule has 9 heteroatoms. The summed E-state index contributed by atoms with van der Waals surface area (Å²) in [5, 5.41) is 24.7. The van der Waals surface area contributed by atoms with Crippen LogP contribution in [0.3, 0.4) is 0 Å². The van der Waals surface area contributed by atoms with Crippen LogP contribution in [0.25, 0.3) is 0 Å². The number of carbonyl (C=O) groups excluding carboxylic acids is 1. The highest BCUT2D eigenvalue weighted by Gasteiger charge is 2.04. The fourth-order valence-electron chi connectivity index (χ4n) is 0.372. The van der Waals surface area contributed by atoms with E-state index in [-0.39, 0.29) is 5.69 Å². The summed E-state index contributed by atoms with van der Waals surface area (Å²) in [7, 11) is 0. The van der Waals surface area contributed by atoms with Gasteiger partial charge in [0.2, 0.25) is 0 Å². The van der Waals surface area contributed by atoms with Gasteiger partial charge < -0.3 is 15.9 Å². The van der Waals surface area contributed by atoms with Gasteiger partial charge >= 0.3 is 11.9 Å². The molecule has 4 N–H and O–H groups in total. The van der Waals surface area contributed by atoms with E-state index in [1.54, 1.807) is 0 Å². The Hall–Kier alpha value is -2.58. The summed E-state index contributed by atoms with van der Waals surface area (Å²) in [5.74, 6) is -4.24. The van der Waals surface area contributed by atoms with E-state index in [0.29, 0.717) is 0 Å². The smallest absolute Gasteiger partial charge is 0.414 e. The van der Waals surface area contributed by atoms with Crippen LogP contribution in [0.15, 0.2) is 12.3 Å². The Morgan fingerprint density at radius 1 is 1.20 bits per heavy atom. The predicted molar refractivity (Wildman–Crippen MR) is 43.6 cm³/mol. The van der Waals surface area contributed by atoms with Crippen LogP contribution in [0, 0.1) is 0 Å². The number of carboxylic acid groups (broad SMARTS) is 2. The molecule has 0 radical (unpaired) electrons. The van der Waals surface area contributed by atoms with Crippen LogP contribution in [0.5, 0.6) is 0 Å². The van der Waals surface area contributed by atoms with E-state index < -0.39 is 17.8 Å². The number of rotatable bonds is 1. The summed E-state index contributed by atoms with van der Waals surface area (Å²) in [6, 6.07) is 1.40. The van der Waals surface area contributed by atoms with Gasteiger partial charge in [0.05, 0.1) is 6.20 Å². The SMILES string of the molecule is NC(=O)c1ccnnn1.O=C(O)C(=O)O. The number of aliphatic carboxylic acids is 2. The maximum atomic E-state index is 10.3. The average molecular weight is 214 g/mol. The average Bonchev–Trinajstić information content (AvgIpc) is 2.20. The standard InChI is InChI=1S/C4H4N4O.C2H2O4/c5-4(9)3-1-2-6-8-7-3;3-1(4)2(5)6/h1-2H,(H2,5,9);(H,3,4)(H,5,6). The summed E-state index contributed by atoms with van der Waals surface area (Å²) in [5.41, 5.74) is 4.97. The van der Waals surface area contributed by atoms with Gasteiger partial charge in [-0.05, 0) is 11.3 Å². The predicted octanol–water partition coefficient (Wildman–Crippen LogP) is -1.87. The number of amides is 1. The molecule has 0 bridgehead atoms. The van der Waals surface area contributed by atoms with Gasteiger partial charge in [-0.25, -0.2) is 9.59 Å². The molecule has 80 valence electrons. The highest BCUT2D eigenvalue weighted by atomic mass is 16.4. The zero-order chi connectivity index (χ0) is 11.8. The molecule has 0 aliphatic carbocycles. The van der Waals surface area contributed by atoms with Crippen LogP contribution >= 0.6 is 0 Å². The number of carbonyl (C=O) groups is 3. The molecule has 0 aromatic carbocycles. The summed E-state index contributed by atoms with van der Waals surface area (Å²) >= 11 is 0. The van der Waals surface area contributed by atoms with E-state index in [1.807, 2.05) is 0 Å². The molecule has 0 fully saturated rings. The molecule has 1 aromatic heterocycles. The lowest BCUT2D eigenvalue weighted by molar-refractivity contribution is -0.159. The van der Waals surface area contributed by atoms with Crippen molar-refractivity contribution in [3.05, 3.63) is 18.0 Å². The molecule has 0 saturated carbocycles. The van der Waals surface area contributed by atoms with Crippen molar-refractivity contribution in [1.29, 1.82) is 0 Å². The Labute approximate surface area is 82.5 Å². The summed E-state index contributed by atoms with van der Waals surface area (Å²) in [6.07, 6.45) is 1.35. The molecule has 9 nitrogen and oxygen atoms in total. The first-order chi connectivity index (χ1) is 6.95. The molecule has 1 heterocycles. The van der Waals surface area contributed by atoms with Gasteiger partial charge in [0.1, 0.15) is 0 Å². The van der Waals surface area contributed by atoms with E-state index in [1.165, 1.54) is 12.3 Å². The Balaban J connectivity index is 0.000000288. The Morgan fingerprint density at radius 2 is 1.73 bits per heavy atom. The fraction of sp³-hybridized carbons (Fsp3) is 0. The van der Waals surface area contributed by atoms with Crippen molar-refractivity contribution in [1.82, 2.24) is 15.4 Å². The van der Waals surface area contributed by atoms with E-state index in [9.17, 15) is 4.79 Å². The van der Waals surface area contributed by atoms with Gasteiger partial charge in [-0.15, -0.1) is 10.2 Å². The Kier molecular flexibility index (Phi) is 4.94. The second-order valence-electron chi connectivity index (χ2n) is 1.98. The minimum Gasteiger partial charge on any atom is -0.473 e. The lowest BCUT2D eigenvalue weighted by atomic mass is 10.4. The summed E-state index contributed by atoms with van der Waals surface area (Å²) < 4.78 is 0. The minimum atomic E-state index is -1.82. The third kappa shape index (κ3) is 5.63. The van der Waals surface area contributed by atoms with Crippen LogP contribution < -0.4 is 5.73 Å². The number of hydrogen-bond acceptors (Lipinski definition) is 6. The van der Waals surface area contributed by atoms with Gasteiger partial charge in [-0.2, -0.15) is 0 Å². The second kappa shape index (κ2) is 5.96. The maximum Gasteiger partial charge on any atom is 0.414 e. The molecule has 1 rings (SSSR count). The first-order valence-electron chi connectivity index (χ1n) is 3.35. The lowest BCUT2D eigenvalue weighted by Gasteiger charge is -1.86. The third-order valence-corrected chi connectivity index (χ3v) is 0.939. The van der Waals surface area contributed by atoms with Crippen LogP contribution in [0.2, 0.25) is 0 Å². The number of nitrogens with two attached hydrogens (primary N) is 1. The third-order valence-electron chi connectivity index (χ3n) is 0.939. The van der Waals surface area contributed by atoms with Gasteiger partial charge in [0, 0.05) is 0 Å². The fourth-order valence-corrected chi connectivity index (χ4v) is 0.372. The monoisotopic (exact) mass is 214 g/mol. The van der Waals surface area contributed by atoms with Gasteiger partial charge in [-0.3, -0.25) is 4.79 Å². The van der Waals surface area contributed by atoms with Crippen molar-refractivity contribution >= 4 is 17.8 Å². The molecular formula is C6H6N4O5. The highest BCUT2D eigenvalue weighted by Crippen LogP contribution is 1.83. The second-order valence-corrected chi connectivity index (χ2v) is 1.98. The van der Waals surface area contributed by atoms with Crippen LogP contribution in [0.4, 0.5) is 0 Å². The van der Waals surface area contributed by atoms with Crippen molar-refractivity contribution in [2.45, 2.75) is 0 Å². The minimum absolute atomic E-state index is 0.130. The molecule has 15 heavy (non-hydrogen) atoms. The number of carboxylic acids is 2. The highest BCUT2D eigenvalue weighted by molar-refractivity contribution is 6.27. The van der Waals surface area contributed by atoms with E-state index in [0.717, 1.165) is 0 Å². The molecule has 0 unspecified atom stereocenters. The topological polar surface area (TPSA) is 156 Å². The number of aromatic nitrogens is 3. The molecule has 1 aromatic rings. The molecule has 0 atom stereocenters. The molecular weight excluding hydrogens is 208 g/mol. The maximum absolute atomic E-state index is 10.3. The lowest BCUT2D eigenvalue weighted by Crippen LogP contribution is -2.13. The van der Waals surface area contributed by atoms with E-state index >= 15 is 0 Å². The normalized spacial score (nSPS) is 8.27.